The molecule has 0 spiro atoms. The molecule has 0 fully saturated rings. The van der Waals surface area contributed by atoms with Crippen LogP contribution in [0.1, 0.15) is 36.6 Å². The molecule has 0 radical (unpaired) electrons. The lowest BCUT2D eigenvalue weighted by Crippen LogP contribution is -2.41. The number of likely N-dealkylation sites (N-methyl/N-ethyl adjacent to an activating group) is 1. The summed E-state index contributed by atoms with van der Waals surface area (Å²) in [5.74, 6) is 0.264. The highest BCUT2D eigenvalue weighted by Gasteiger charge is 2.38. The third-order valence-electron chi connectivity index (χ3n) is 7.53. The molecule has 10 heteroatoms. The van der Waals surface area contributed by atoms with E-state index in [0.29, 0.717) is 50.8 Å². The van der Waals surface area contributed by atoms with Gasteiger partial charge in [-0.3, -0.25) is 14.2 Å². The summed E-state index contributed by atoms with van der Waals surface area (Å²) in [7, 11) is 0. The van der Waals surface area contributed by atoms with Gasteiger partial charge >= 0.3 is 5.97 Å². The van der Waals surface area contributed by atoms with Crippen LogP contribution in [0.3, 0.4) is 0 Å². The number of esters is 1. The van der Waals surface area contributed by atoms with Gasteiger partial charge in [0, 0.05) is 17.7 Å². The molecule has 3 aliphatic heterocycles. The van der Waals surface area contributed by atoms with Crippen molar-refractivity contribution in [2.45, 2.75) is 19.9 Å². The predicted molar refractivity (Wildman–Crippen MR) is 157 cm³/mol. The molecule has 3 aliphatic rings. The van der Waals surface area contributed by atoms with E-state index >= 15 is 0 Å². The van der Waals surface area contributed by atoms with Gasteiger partial charge in [0.05, 0.1) is 35.2 Å². The lowest BCUT2D eigenvalue weighted by Gasteiger charge is -2.26. The van der Waals surface area contributed by atoms with Crippen molar-refractivity contribution in [3.63, 3.8) is 0 Å². The fraction of sp³-hybridized carbons (Fsp3) is 0.188. The van der Waals surface area contributed by atoms with Crippen molar-refractivity contribution >= 4 is 40.2 Å². The maximum Gasteiger partial charge on any atom is 0.338 e. The molecule has 3 aromatic carbocycles. The van der Waals surface area contributed by atoms with Gasteiger partial charge in [-0.1, -0.05) is 65.9 Å². The van der Waals surface area contributed by atoms with Gasteiger partial charge in [0.1, 0.15) is 4.53 Å². The smallest absolute Gasteiger partial charge is 0.338 e. The lowest BCUT2D eigenvalue weighted by atomic mass is 9.93. The summed E-state index contributed by atoms with van der Waals surface area (Å²) in [6.07, 6.45) is 0. The zero-order valence-electron chi connectivity index (χ0n) is 22.8. The number of nitrogens with zero attached hydrogens (tertiary/aromatic N) is 3. The van der Waals surface area contributed by atoms with Crippen molar-refractivity contribution < 1.29 is 23.8 Å². The highest BCUT2D eigenvalue weighted by atomic mass is 32.1. The summed E-state index contributed by atoms with van der Waals surface area (Å²) >= 11 is 1.15. The molecule has 9 nitrogen and oxygen atoms in total. The second-order valence-electron chi connectivity index (χ2n) is 9.81. The summed E-state index contributed by atoms with van der Waals surface area (Å²) in [5.41, 5.74) is 3.33. The number of para-hydroxylation sites is 1. The molecule has 1 amide bonds. The predicted octanol–water partition coefficient (Wildman–Crippen LogP) is 3.40. The van der Waals surface area contributed by atoms with E-state index in [1.165, 1.54) is 4.57 Å². The van der Waals surface area contributed by atoms with Crippen LogP contribution in [0.15, 0.2) is 88.2 Å². The summed E-state index contributed by atoms with van der Waals surface area (Å²) in [6, 6.07) is 21.2. The van der Waals surface area contributed by atoms with Crippen LogP contribution in [0.25, 0.3) is 11.3 Å². The van der Waals surface area contributed by atoms with Crippen LogP contribution < -0.4 is 29.3 Å². The average Bonchev–Trinajstić information content (AvgIpc) is 3.69. The van der Waals surface area contributed by atoms with Crippen molar-refractivity contribution in [1.82, 2.24) is 4.57 Å². The van der Waals surface area contributed by atoms with Crippen molar-refractivity contribution in [1.29, 1.82) is 0 Å². The normalized spacial score (nSPS) is 18.1. The zero-order chi connectivity index (χ0) is 29.0. The first-order chi connectivity index (χ1) is 20.5. The van der Waals surface area contributed by atoms with E-state index in [0.717, 1.165) is 17.0 Å². The van der Waals surface area contributed by atoms with Gasteiger partial charge in [-0.15, -0.1) is 0 Å². The van der Waals surface area contributed by atoms with Crippen LogP contribution in [0, 0.1) is 0 Å². The van der Waals surface area contributed by atoms with E-state index in [2.05, 4.69) is 0 Å². The van der Waals surface area contributed by atoms with Crippen molar-refractivity contribution in [3.8, 4) is 11.5 Å². The van der Waals surface area contributed by atoms with Crippen molar-refractivity contribution in [2.24, 2.45) is 4.99 Å². The highest BCUT2D eigenvalue weighted by Crippen LogP contribution is 2.40. The summed E-state index contributed by atoms with van der Waals surface area (Å²) < 4.78 is 18.5. The molecule has 0 saturated heterocycles. The minimum absolute atomic E-state index is 0.0796. The van der Waals surface area contributed by atoms with Gasteiger partial charge in [-0.05, 0) is 37.6 Å². The SMILES string of the molecule is CCOC(=O)C1=C(c2ccccc2)N=c2s/c(=C3/C(=O)N(CC)c4ccccc43)c(=O)n2[C@@H]1c1ccc2c(c1)OCO2. The molecular formula is C32H25N3O6S. The first-order valence-electron chi connectivity index (χ1n) is 13.6. The molecule has 0 bridgehead atoms. The Morgan fingerprint density at radius 1 is 1.00 bits per heavy atom. The minimum atomic E-state index is -0.895. The topological polar surface area (TPSA) is 99.4 Å². The van der Waals surface area contributed by atoms with Gasteiger partial charge in [-0.25, -0.2) is 9.79 Å². The third-order valence-corrected chi connectivity index (χ3v) is 8.58. The Morgan fingerprint density at radius 2 is 1.76 bits per heavy atom. The highest BCUT2D eigenvalue weighted by molar-refractivity contribution is 7.07. The largest absolute Gasteiger partial charge is 0.463 e. The molecule has 210 valence electrons. The Morgan fingerprint density at radius 3 is 2.55 bits per heavy atom. The standard InChI is InChI=1S/C32H25N3O6S/c1-3-34-21-13-9-8-12-20(21)24(29(34)36)28-30(37)35-27(19-14-15-22-23(16-19)41-17-40-22)25(31(38)39-4-2)26(33-32(35)42-28)18-10-6-5-7-11-18/h5-16,27H,3-4,17H2,1-2H3/b28-24+/t27-/m1/s1. The van der Waals surface area contributed by atoms with E-state index in [9.17, 15) is 14.4 Å². The molecule has 1 aromatic heterocycles. The van der Waals surface area contributed by atoms with Crippen LogP contribution in [0.2, 0.25) is 0 Å². The number of anilines is 1. The number of aromatic nitrogens is 1. The van der Waals surface area contributed by atoms with Crippen molar-refractivity contribution in [3.05, 3.63) is 115 Å². The number of rotatable bonds is 5. The number of benzene rings is 3. The maximum absolute atomic E-state index is 14.4. The Balaban J connectivity index is 1.57. The second-order valence-corrected chi connectivity index (χ2v) is 10.8. The number of fused-ring (bicyclic) bond motifs is 3. The number of amides is 1. The van der Waals surface area contributed by atoms with Gasteiger partial charge in [0.2, 0.25) is 6.79 Å². The molecule has 1 atom stereocenters. The molecule has 0 aliphatic carbocycles. The van der Waals surface area contributed by atoms with Crippen LogP contribution in [0.4, 0.5) is 5.69 Å². The number of carbonyl (C=O) groups is 2. The van der Waals surface area contributed by atoms with Gasteiger partial charge < -0.3 is 19.1 Å². The summed E-state index contributed by atoms with van der Waals surface area (Å²) in [5, 5.41) is 0. The monoisotopic (exact) mass is 579 g/mol. The van der Waals surface area contributed by atoms with Crippen LogP contribution >= 0.6 is 11.3 Å². The maximum atomic E-state index is 14.4. The minimum Gasteiger partial charge on any atom is -0.463 e. The molecule has 0 saturated carbocycles. The average molecular weight is 580 g/mol. The number of hydrogen-bond donors (Lipinski definition) is 0. The van der Waals surface area contributed by atoms with E-state index in [1.54, 1.807) is 30.0 Å². The molecule has 0 N–H and O–H groups in total. The van der Waals surface area contributed by atoms with E-state index in [1.807, 2.05) is 61.5 Å². The van der Waals surface area contributed by atoms with Crippen LogP contribution in [-0.4, -0.2) is 36.4 Å². The Labute approximate surface area is 244 Å². The molecule has 0 unspecified atom stereocenters. The second kappa shape index (κ2) is 10.1. The first kappa shape index (κ1) is 26.0. The molecule has 7 rings (SSSR count). The molecular weight excluding hydrogens is 554 g/mol. The van der Waals surface area contributed by atoms with Gasteiger partial charge in [0.15, 0.2) is 16.3 Å². The molecule has 4 aromatic rings. The molecule has 42 heavy (non-hydrogen) atoms. The summed E-state index contributed by atoms with van der Waals surface area (Å²) in [4.78, 5) is 48.7. The third kappa shape index (κ3) is 3.90. The quantitative estimate of drug-likeness (QED) is 0.336. The first-order valence-corrected chi connectivity index (χ1v) is 14.4. The Hall–Kier alpha value is -4.96. The fourth-order valence-electron chi connectivity index (χ4n) is 5.70. The van der Waals surface area contributed by atoms with E-state index < -0.39 is 17.6 Å². The van der Waals surface area contributed by atoms with Crippen molar-refractivity contribution in [2.75, 3.05) is 24.8 Å². The van der Waals surface area contributed by atoms with Crippen LogP contribution in [0.5, 0.6) is 11.5 Å². The van der Waals surface area contributed by atoms with E-state index in [-0.39, 0.29) is 29.4 Å². The number of ether oxygens (including phenoxy) is 3. The van der Waals surface area contributed by atoms with Crippen LogP contribution in [-0.2, 0) is 14.3 Å². The number of thiazole rings is 1. The zero-order valence-corrected chi connectivity index (χ0v) is 23.6. The molecule has 4 heterocycles. The van der Waals surface area contributed by atoms with Gasteiger partial charge in [-0.2, -0.15) is 0 Å². The Bertz CT molecular complexity index is 1990. The lowest BCUT2D eigenvalue weighted by molar-refractivity contribution is -0.138. The number of hydrogen-bond acceptors (Lipinski definition) is 8. The fourth-order valence-corrected chi connectivity index (χ4v) is 6.79. The summed E-state index contributed by atoms with van der Waals surface area (Å²) in [6.45, 7) is 4.32. The van der Waals surface area contributed by atoms with E-state index in [4.69, 9.17) is 19.2 Å². The Kier molecular flexibility index (Phi) is 6.27. The number of carbonyl (C=O) groups excluding carboxylic acids is 2. The van der Waals surface area contributed by atoms with Gasteiger partial charge in [0.25, 0.3) is 11.5 Å².